The topological polar surface area (TPSA) is 0 Å². The van der Waals surface area contributed by atoms with Crippen LogP contribution in [0.2, 0.25) is 0 Å². The lowest BCUT2D eigenvalue weighted by Crippen LogP contribution is -1.93. The van der Waals surface area contributed by atoms with Crippen molar-refractivity contribution in [2.45, 2.75) is 33.1 Å². The van der Waals surface area contributed by atoms with Gasteiger partial charge in [0.1, 0.15) is 0 Å². The first-order valence-electron chi connectivity index (χ1n) is 4.31. The summed E-state index contributed by atoms with van der Waals surface area (Å²) in [4.78, 5) is 0. The van der Waals surface area contributed by atoms with E-state index in [-0.39, 0.29) is 0 Å². The van der Waals surface area contributed by atoms with E-state index in [1.54, 1.807) is 0 Å². The zero-order valence-electron chi connectivity index (χ0n) is 7.59. The van der Waals surface area contributed by atoms with Gasteiger partial charge in [0.25, 0.3) is 0 Å². The van der Waals surface area contributed by atoms with Gasteiger partial charge in [0, 0.05) is 0 Å². The highest BCUT2D eigenvalue weighted by Gasteiger charge is 2.03. The third kappa shape index (κ3) is 1.83. The van der Waals surface area contributed by atoms with Gasteiger partial charge in [-0.1, -0.05) is 38.1 Å². The van der Waals surface area contributed by atoms with E-state index in [0.717, 1.165) is 0 Å². The first-order chi connectivity index (χ1) is 5.25. The molecule has 0 fully saturated rings. The van der Waals surface area contributed by atoms with Crippen molar-refractivity contribution in [1.82, 2.24) is 0 Å². The minimum atomic E-state index is 0.705. The van der Waals surface area contributed by atoms with Crippen LogP contribution in [0.25, 0.3) is 0 Å². The van der Waals surface area contributed by atoms with E-state index in [0.29, 0.717) is 5.92 Å². The van der Waals surface area contributed by atoms with Crippen molar-refractivity contribution in [3.05, 3.63) is 35.4 Å². The van der Waals surface area contributed by atoms with Gasteiger partial charge in [-0.3, -0.25) is 0 Å². The molecular formula is C11H16. The van der Waals surface area contributed by atoms with Crippen LogP contribution in [0.15, 0.2) is 24.3 Å². The Morgan fingerprint density at radius 3 is 2.45 bits per heavy atom. The molecule has 60 valence electrons. The molecule has 0 amide bonds. The highest BCUT2D eigenvalue weighted by molar-refractivity contribution is 5.28. The third-order valence-electron chi connectivity index (χ3n) is 2.33. The predicted octanol–water partition coefficient (Wildman–Crippen LogP) is 3.51. The lowest BCUT2D eigenvalue weighted by atomic mass is 9.95. The summed E-state index contributed by atoms with van der Waals surface area (Å²) < 4.78 is 0. The summed E-state index contributed by atoms with van der Waals surface area (Å²) >= 11 is 0. The van der Waals surface area contributed by atoms with Crippen molar-refractivity contribution in [2.24, 2.45) is 0 Å². The molecule has 0 spiro atoms. The Bertz CT molecular complexity index is 225. The maximum Gasteiger partial charge on any atom is -0.0190 e. The monoisotopic (exact) mass is 148 g/mol. The van der Waals surface area contributed by atoms with E-state index in [1.165, 1.54) is 17.5 Å². The zero-order chi connectivity index (χ0) is 8.27. The second kappa shape index (κ2) is 3.56. The average Bonchev–Trinajstić information content (AvgIpc) is 2.04. The molecule has 1 aromatic carbocycles. The van der Waals surface area contributed by atoms with Gasteiger partial charge in [0.05, 0.1) is 0 Å². The smallest absolute Gasteiger partial charge is 0.0190 e. The number of aryl methyl sites for hydroxylation is 1. The normalized spacial score (nSPS) is 13.0. The summed E-state index contributed by atoms with van der Waals surface area (Å²) in [5.41, 5.74) is 2.91. The highest BCUT2D eigenvalue weighted by atomic mass is 14.1. The Hall–Kier alpha value is -0.780. The Morgan fingerprint density at radius 1 is 1.27 bits per heavy atom. The fourth-order valence-electron chi connectivity index (χ4n) is 1.36. The molecule has 1 rings (SSSR count). The summed E-state index contributed by atoms with van der Waals surface area (Å²) in [6, 6.07) is 8.63. The number of rotatable bonds is 2. The second-order valence-electron chi connectivity index (χ2n) is 3.17. The largest absolute Gasteiger partial charge is 0.0648 e. The lowest BCUT2D eigenvalue weighted by molar-refractivity contribution is 0.728. The maximum absolute atomic E-state index is 2.28. The molecule has 0 bridgehead atoms. The summed E-state index contributed by atoms with van der Waals surface area (Å²) in [6.45, 7) is 6.70. The van der Waals surface area contributed by atoms with Gasteiger partial charge in [-0.25, -0.2) is 0 Å². The lowest BCUT2D eigenvalue weighted by Gasteiger charge is -2.11. The molecular weight excluding hydrogens is 132 g/mol. The van der Waals surface area contributed by atoms with Crippen LogP contribution in [-0.4, -0.2) is 0 Å². The molecule has 0 saturated carbocycles. The maximum atomic E-state index is 2.28. The van der Waals surface area contributed by atoms with Crippen molar-refractivity contribution in [3.8, 4) is 0 Å². The van der Waals surface area contributed by atoms with Crippen molar-refractivity contribution in [1.29, 1.82) is 0 Å². The number of hydrogen-bond acceptors (Lipinski definition) is 0. The quantitative estimate of drug-likeness (QED) is 0.602. The van der Waals surface area contributed by atoms with Gasteiger partial charge in [-0.05, 0) is 30.4 Å². The van der Waals surface area contributed by atoms with E-state index < -0.39 is 0 Å². The van der Waals surface area contributed by atoms with Crippen molar-refractivity contribution >= 4 is 0 Å². The molecule has 1 atom stereocenters. The highest BCUT2D eigenvalue weighted by Crippen LogP contribution is 2.21. The van der Waals surface area contributed by atoms with Crippen LogP contribution in [-0.2, 0) is 0 Å². The van der Waals surface area contributed by atoms with E-state index in [9.17, 15) is 0 Å². The summed E-state index contributed by atoms with van der Waals surface area (Å²) in [7, 11) is 0. The Labute approximate surface area is 69.3 Å². The first-order valence-corrected chi connectivity index (χ1v) is 4.31. The SMILES string of the molecule is CCC(C)c1ccccc1C. The predicted molar refractivity (Wildman–Crippen MR) is 49.9 cm³/mol. The van der Waals surface area contributed by atoms with Gasteiger partial charge in [-0.15, -0.1) is 0 Å². The molecule has 1 unspecified atom stereocenters. The molecule has 11 heavy (non-hydrogen) atoms. The molecule has 0 saturated heterocycles. The fourth-order valence-corrected chi connectivity index (χ4v) is 1.36. The molecule has 0 aliphatic carbocycles. The van der Waals surface area contributed by atoms with Crippen LogP contribution in [0.1, 0.15) is 37.3 Å². The molecule has 0 N–H and O–H groups in total. The molecule has 0 radical (unpaired) electrons. The van der Waals surface area contributed by atoms with E-state index >= 15 is 0 Å². The third-order valence-corrected chi connectivity index (χ3v) is 2.33. The van der Waals surface area contributed by atoms with Gasteiger partial charge < -0.3 is 0 Å². The minimum Gasteiger partial charge on any atom is -0.0648 e. The summed E-state index contributed by atoms with van der Waals surface area (Å²) in [6.07, 6.45) is 1.23. The van der Waals surface area contributed by atoms with E-state index in [2.05, 4.69) is 45.0 Å². The molecule has 1 aromatic rings. The van der Waals surface area contributed by atoms with Crippen LogP contribution >= 0.6 is 0 Å². The Kier molecular flexibility index (Phi) is 2.70. The van der Waals surface area contributed by atoms with Crippen molar-refractivity contribution < 1.29 is 0 Å². The second-order valence-corrected chi connectivity index (χ2v) is 3.17. The fraction of sp³-hybridized carbons (Fsp3) is 0.455. The van der Waals surface area contributed by atoms with E-state index in [1.807, 2.05) is 0 Å². The van der Waals surface area contributed by atoms with Gasteiger partial charge in [0.2, 0.25) is 0 Å². The van der Waals surface area contributed by atoms with Crippen LogP contribution in [0.3, 0.4) is 0 Å². The number of hydrogen-bond donors (Lipinski definition) is 0. The van der Waals surface area contributed by atoms with Crippen LogP contribution in [0.5, 0.6) is 0 Å². The van der Waals surface area contributed by atoms with Gasteiger partial charge in [-0.2, -0.15) is 0 Å². The van der Waals surface area contributed by atoms with E-state index in [4.69, 9.17) is 0 Å². The average molecular weight is 148 g/mol. The van der Waals surface area contributed by atoms with Crippen LogP contribution in [0, 0.1) is 6.92 Å². The van der Waals surface area contributed by atoms with Crippen molar-refractivity contribution in [3.63, 3.8) is 0 Å². The van der Waals surface area contributed by atoms with Crippen LogP contribution in [0.4, 0.5) is 0 Å². The number of benzene rings is 1. The first kappa shape index (κ1) is 8.32. The Balaban J connectivity index is 2.93. The molecule has 0 aliphatic rings. The van der Waals surface area contributed by atoms with Gasteiger partial charge >= 0.3 is 0 Å². The molecule has 0 heterocycles. The zero-order valence-corrected chi connectivity index (χ0v) is 7.59. The standard InChI is InChI=1S/C11H16/c1-4-9(2)11-8-6-5-7-10(11)3/h5-9H,4H2,1-3H3. The Morgan fingerprint density at radius 2 is 1.91 bits per heavy atom. The van der Waals surface area contributed by atoms with Gasteiger partial charge in [0.15, 0.2) is 0 Å². The molecule has 0 aromatic heterocycles. The summed E-state index contributed by atoms with van der Waals surface area (Å²) in [5.74, 6) is 0.705. The minimum absolute atomic E-state index is 0.705. The molecule has 0 heteroatoms. The van der Waals surface area contributed by atoms with Crippen molar-refractivity contribution in [2.75, 3.05) is 0 Å². The van der Waals surface area contributed by atoms with Crippen LogP contribution < -0.4 is 0 Å². The molecule has 0 aliphatic heterocycles. The molecule has 0 nitrogen and oxygen atoms in total. The summed E-state index contributed by atoms with van der Waals surface area (Å²) in [5, 5.41) is 0.